The van der Waals surface area contributed by atoms with Crippen LogP contribution in [-0.2, 0) is 19.5 Å². The molecule has 2 heterocycles. The van der Waals surface area contributed by atoms with E-state index in [1.165, 1.54) is 11.1 Å². The summed E-state index contributed by atoms with van der Waals surface area (Å²) in [5, 5.41) is 11.1. The molecule has 94 valence electrons. The van der Waals surface area contributed by atoms with E-state index in [4.69, 9.17) is 4.42 Å². The van der Waals surface area contributed by atoms with Gasteiger partial charge in [0.1, 0.15) is 0 Å². The van der Waals surface area contributed by atoms with E-state index in [1.807, 2.05) is 7.05 Å². The molecule has 0 amide bonds. The van der Waals surface area contributed by atoms with Crippen molar-refractivity contribution in [2.45, 2.75) is 19.5 Å². The Hall–Kier alpha value is -1.88. The number of nitrogens with zero attached hydrogens (tertiary/aromatic N) is 3. The molecule has 5 nitrogen and oxygen atoms in total. The summed E-state index contributed by atoms with van der Waals surface area (Å²) < 4.78 is 5.62. The molecule has 1 aromatic carbocycles. The second-order valence-corrected chi connectivity index (χ2v) is 4.45. The van der Waals surface area contributed by atoms with Gasteiger partial charge in [-0.05, 0) is 24.6 Å². The number of nitrogens with one attached hydrogen (secondary N) is 1. The van der Waals surface area contributed by atoms with Crippen LogP contribution in [0.25, 0.3) is 0 Å². The minimum absolute atomic E-state index is 0.609. The van der Waals surface area contributed by atoms with Crippen molar-refractivity contribution in [3.63, 3.8) is 0 Å². The first kappa shape index (κ1) is 11.2. The van der Waals surface area contributed by atoms with E-state index in [2.05, 4.69) is 44.7 Å². The van der Waals surface area contributed by atoms with Crippen molar-refractivity contribution in [3.8, 4) is 0 Å². The number of rotatable bonds is 3. The molecule has 0 unspecified atom stereocenters. The molecule has 18 heavy (non-hydrogen) atoms. The maximum atomic E-state index is 5.62. The molecule has 0 saturated carbocycles. The Balaban J connectivity index is 1.78. The van der Waals surface area contributed by atoms with Crippen LogP contribution in [0.5, 0.6) is 0 Å². The smallest absolute Gasteiger partial charge is 0.318 e. The Morgan fingerprint density at radius 3 is 2.94 bits per heavy atom. The SMILES string of the molecule is CNCc1nnc(N2CCc3ccccc3C2)o1. The molecule has 1 aliphatic rings. The van der Waals surface area contributed by atoms with Crippen LogP contribution in [0, 0.1) is 0 Å². The zero-order valence-corrected chi connectivity index (χ0v) is 10.4. The number of fused-ring (bicyclic) bond motifs is 1. The molecule has 2 aromatic rings. The normalized spacial score (nSPS) is 14.6. The summed E-state index contributed by atoms with van der Waals surface area (Å²) in [6, 6.07) is 9.13. The van der Waals surface area contributed by atoms with Gasteiger partial charge in [-0.15, -0.1) is 5.10 Å². The van der Waals surface area contributed by atoms with Crippen LogP contribution in [0.1, 0.15) is 17.0 Å². The average molecular weight is 244 g/mol. The van der Waals surface area contributed by atoms with Crippen LogP contribution in [-0.4, -0.2) is 23.8 Å². The van der Waals surface area contributed by atoms with Gasteiger partial charge in [-0.3, -0.25) is 0 Å². The molecule has 3 rings (SSSR count). The highest BCUT2D eigenvalue weighted by Crippen LogP contribution is 2.23. The van der Waals surface area contributed by atoms with Gasteiger partial charge in [0.05, 0.1) is 6.54 Å². The van der Waals surface area contributed by atoms with Gasteiger partial charge in [-0.2, -0.15) is 0 Å². The van der Waals surface area contributed by atoms with E-state index in [0.29, 0.717) is 18.5 Å². The highest BCUT2D eigenvalue weighted by Gasteiger charge is 2.20. The number of aromatic nitrogens is 2. The number of hydrogen-bond acceptors (Lipinski definition) is 5. The fourth-order valence-corrected chi connectivity index (χ4v) is 2.25. The van der Waals surface area contributed by atoms with E-state index in [-0.39, 0.29) is 0 Å². The summed E-state index contributed by atoms with van der Waals surface area (Å²) in [7, 11) is 1.86. The maximum absolute atomic E-state index is 5.62. The van der Waals surface area contributed by atoms with Crippen LogP contribution in [0.3, 0.4) is 0 Å². The van der Waals surface area contributed by atoms with Gasteiger partial charge in [0.25, 0.3) is 0 Å². The lowest BCUT2D eigenvalue weighted by atomic mass is 10.0. The topological polar surface area (TPSA) is 54.2 Å². The standard InChI is InChI=1S/C13H16N4O/c1-14-8-12-15-16-13(18-12)17-7-6-10-4-2-3-5-11(10)9-17/h2-5,14H,6-9H2,1H3. The van der Waals surface area contributed by atoms with Gasteiger partial charge in [0, 0.05) is 13.1 Å². The summed E-state index contributed by atoms with van der Waals surface area (Å²) in [6.45, 7) is 2.38. The predicted octanol–water partition coefficient (Wildman–Crippen LogP) is 1.35. The molecule has 5 heteroatoms. The van der Waals surface area contributed by atoms with Gasteiger partial charge in [-0.25, -0.2) is 0 Å². The molecule has 1 aromatic heterocycles. The van der Waals surface area contributed by atoms with E-state index in [1.54, 1.807) is 0 Å². The van der Waals surface area contributed by atoms with E-state index in [0.717, 1.165) is 19.5 Å². The summed E-state index contributed by atoms with van der Waals surface area (Å²) >= 11 is 0. The lowest BCUT2D eigenvalue weighted by molar-refractivity contribution is 0.466. The van der Waals surface area contributed by atoms with Crippen LogP contribution in [0.15, 0.2) is 28.7 Å². The predicted molar refractivity (Wildman–Crippen MR) is 68.3 cm³/mol. The molecule has 0 bridgehead atoms. The number of hydrogen-bond donors (Lipinski definition) is 1. The number of benzene rings is 1. The molecular formula is C13H16N4O. The Labute approximate surface area is 106 Å². The lowest BCUT2D eigenvalue weighted by Crippen LogP contribution is -2.30. The van der Waals surface area contributed by atoms with Crippen molar-refractivity contribution in [1.82, 2.24) is 15.5 Å². The van der Waals surface area contributed by atoms with Crippen molar-refractivity contribution in [2.24, 2.45) is 0 Å². The van der Waals surface area contributed by atoms with Crippen molar-refractivity contribution in [3.05, 3.63) is 41.3 Å². The first-order valence-electron chi connectivity index (χ1n) is 6.15. The van der Waals surface area contributed by atoms with Crippen molar-refractivity contribution in [2.75, 3.05) is 18.5 Å². The van der Waals surface area contributed by atoms with Crippen molar-refractivity contribution >= 4 is 6.01 Å². The minimum atomic E-state index is 0.609. The largest absolute Gasteiger partial charge is 0.407 e. The second kappa shape index (κ2) is 4.78. The summed E-state index contributed by atoms with van der Waals surface area (Å²) in [4.78, 5) is 2.13. The quantitative estimate of drug-likeness (QED) is 0.883. The zero-order chi connectivity index (χ0) is 12.4. The third kappa shape index (κ3) is 2.09. The van der Waals surface area contributed by atoms with Gasteiger partial charge in [-0.1, -0.05) is 29.4 Å². The molecule has 1 aliphatic heterocycles. The molecular weight excluding hydrogens is 228 g/mol. The van der Waals surface area contributed by atoms with Crippen molar-refractivity contribution < 1.29 is 4.42 Å². The van der Waals surface area contributed by atoms with Crippen LogP contribution in [0.4, 0.5) is 6.01 Å². The van der Waals surface area contributed by atoms with Crippen LogP contribution in [0.2, 0.25) is 0 Å². The summed E-state index contributed by atoms with van der Waals surface area (Å²) in [5.74, 6) is 0.631. The fourth-order valence-electron chi connectivity index (χ4n) is 2.25. The summed E-state index contributed by atoms with van der Waals surface area (Å²) in [6.07, 6.45) is 1.03. The monoisotopic (exact) mass is 244 g/mol. The highest BCUT2D eigenvalue weighted by atomic mass is 16.4. The first-order valence-corrected chi connectivity index (χ1v) is 6.15. The lowest BCUT2D eigenvalue weighted by Gasteiger charge is -2.26. The summed E-state index contributed by atoms with van der Waals surface area (Å²) in [5.41, 5.74) is 2.76. The van der Waals surface area contributed by atoms with E-state index < -0.39 is 0 Å². The van der Waals surface area contributed by atoms with Crippen molar-refractivity contribution in [1.29, 1.82) is 0 Å². The van der Waals surface area contributed by atoms with Crippen LogP contribution >= 0.6 is 0 Å². The third-order valence-corrected chi connectivity index (χ3v) is 3.19. The number of anilines is 1. The molecule has 1 N–H and O–H groups in total. The van der Waals surface area contributed by atoms with Crippen LogP contribution < -0.4 is 10.2 Å². The molecule has 0 radical (unpaired) electrons. The maximum Gasteiger partial charge on any atom is 0.318 e. The van der Waals surface area contributed by atoms with E-state index >= 15 is 0 Å². The molecule has 0 saturated heterocycles. The van der Waals surface area contributed by atoms with E-state index in [9.17, 15) is 0 Å². The second-order valence-electron chi connectivity index (χ2n) is 4.45. The Morgan fingerprint density at radius 1 is 1.28 bits per heavy atom. The first-order chi connectivity index (χ1) is 8.86. The molecule has 0 aliphatic carbocycles. The van der Waals surface area contributed by atoms with Gasteiger partial charge >= 0.3 is 6.01 Å². The molecule has 0 spiro atoms. The Morgan fingerprint density at radius 2 is 2.11 bits per heavy atom. The van der Waals surface area contributed by atoms with Gasteiger partial charge in [0.15, 0.2) is 0 Å². The highest BCUT2D eigenvalue weighted by molar-refractivity contribution is 5.37. The fraction of sp³-hybridized carbons (Fsp3) is 0.385. The van der Waals surface area contributed by atoms with Gasteiger partial charge < -0.3 is 14.6 Å². The third-order valence-electron chi connectivity index (χ3n) is 3.19. The average Bonchev–Trinajstić information content (AvgIpc) is 2.87. The minimum Gasteiger partial charge on any atom is -0.407 e. The molecule has 0 fully saturated rings. The Kier molecular flexibility index (Phi) is 2.98. The Bertz CT molecular complexity index is 537. The zero-order valence-electron chi connectivity index (χ0n) is 10.4. The van der Waals surface area contributed by atoms with Gasteiger partial charge in [0.2, 0.25) is 5.89 Å². The molecule has 0 atom stereocenters.